The molecule has 0 aliphatic carbocycles. The quantitative estimate of drug-likeness (QED) is 0.619. The number of hydrogen-bond donors (Lipinski definition) is 2. The highest BCUT2D eigenvalue weighted by molar-refractivity contribution is 7.99. The van der Waals surface area contributed by atoms with Gasteiger partial charge in [0, 0.05) is 46.8 Å². The zero-order valence-electron chi connectivity index (χ0n) is 18.2. The molecule has 158 valence electrons. The molecule has 0 spiro atoms. The summed E-state index contributed by atoms with van der Waals surface area (Å²) in [6.07, 6.45) is 0.914. The molecule has 6 nitrogen and oxygen atoms in total. The van der Waals surface area contributed by atoms with Crippen LogP contribution in [0.25, 0.3) is 10.9 Å². The fourth-order valence-corrected chi connectivity index (χ4v) is 4.90. The topological polar surface area (TPSA) is 80.0 Å². The van der Waals surface area contributed by atoms with Crippen molar-refractivity contribution in [2.45, 2.75) is 40.2 Å². The van der Waals surface area contributed by atoms with Crippen LogP contribution in [0.1, 0.15) is 41.8 Å². The number of anilines is 3. The van der Waals surface area contributed by atoms with E-state index >= 15 is 0 Å². The SMILES string of the molecule is CCC(Nc1nc(N)nc(C)c1C)c1cc2cccc(C)c2nc1N1CCSCC1. The van der Waals surface area contributed by atoms with Crippen molar-refractivity contribution in [3.05, 3.63) is 46.6 Å². The number of hydrogen-bond acceptors (Lipinski definition) is 7. The van der Waals surface area contributed by atoms with Crippen LogP contribution in [0.15, 0.2) is 24.3 Å². The second kappa shape index (κ2) is 8.68. The fourth-order valence-electron chi connectivity index (χ4n) is 3.99. The predicted molar refractivity (Wildman–Crippen MR) is 129 cm³/mol. The summed E-state index contributed by atoms with van der Waals surface area (Å²) >= 11 is 2.01. The molecule has 7 heteroatoms. The van der Waals surface area contributed by atoms with Gasteiger partial charge in [0.2, 0.25) is 5.95 Å². The summed E-state index contributed by atoms with van der Waals surface area (Å²) in [6.45, 7) is 10.4. The van der Waals surface area contributed by atoms with Crippen molar-refractivity contribution in [1.82, 2.24) is 15.0 Å². The molecule has 1 saturated heterocycles. The highest BCUT2D eigenvalue weighted by Gasteiger charge is 2.23. The number of nitrogen functional groups attached to an aromatic ring is 1. The lowest BCUT2D eigenvalue weighted by Crippen LogP contribution is -2.34. The molecule has 1 aromatic carbocycles. The van der Waals surface area contributed by atoms with E-state index in [1.807, 2.05) is 25.6 Å². The first-order valence-electron chi connectivity index (χ1n) is 10.6. The average Bonchev–Trinajstić information content (AvgIpc) is 2.75. The zero-order valence-corrected chi connectivity index (χ0v) is 19.0. The fraction of sp³-hybridized carbons (Fsp3) is 0.435. The summed E-state index contributed by atoms with van der Waals surface area (Å²) in [6, 6.07) is 8.78. The third-order valence-corrected chi connectivity index (χ3v) is 6.81. The van der Waals surface area contributed by atoms with Crippen LogP contribution in [0.3, 0.4) is 0 Å². The van der Waals surface area contributed by atoms with E-state index in [0.717, 1.165) is 59.4 Å². The van der Waals surface area contributed by atoms with Crippen LogP contribution in [0.2, 0.25) is 0 Å². The van der Waals surface area contributed by atoms with Gasteiger partial charge in [-0.25, -0.2) is 9.97 Å². The molecule has 3 aromatic rings. The Morgan fingerprint density at radius 2 is 1.90 bits per heavy atom. The van der Waals surface area contributed by atoms with Crippen molar-refractivity contribution >= 4 is 40.2 Å². The summed E-state index contributed by atoms with van der Waals surface area (Å²) in [7, 11) is 0. The largest absolute Gasteiger partial charge is 0.368 e. The first-order valence-corrected chi connectivity index (χ1v) is 11.7. The summed E-state index contributed by atoms with van der Waals surface area (Å²) in [5.74, 6) is 4.47. The molecule has 0 radical (unpaired) electrons. The van der Waals surface area contributed by atoms with E-state index in [1.165, 1.54) is 16.5 Å². The Labute approximate surface area is 182 Å². The van der Waals surface area contributed by atoms with E-state index in [9.17, 15) is 0 Å². The van der Waals surface area contributed by atoms with E-state index in [-0.39, 0.29) is 6.04 Å². The van der Waals surface area contributed by atoms with Gasteiger partial charge in [-0.1, -0.05) is 25.1 Å². The van der Waals surface area contributed by atoms with Crippen molar-refractivity contribution in [3.63, 3.8) is 0 Å². The van der Waals surface area contributed by atoms with Gasteiger partial charge in [-0.3, -0.25) is 0 Å². The van der Waals surface area contributed by atoms with Gasteiger partial charge in [-0.2, -0.15) is 16.7 Å². The summed E-state index contributed by atoms with van der Waals surface area (Å²) in [5.41, 5.74) is 11.4. The number of thioether (sulfide) groups is 1. The van der Waals surface area contributed by atoms with Gasteiger partial charge in [0.1, 0.15) is 11.6 Å². The number of pyridine rings is 1. The number of fused-ring (bicyclic) bond motifs is 1. The molecular weight excluding hydrogens is 392 g/mol. The summed E-state index contributed by atoms with van der Waals surface area (Å²) in [5, 5.41) is 4.83. The lowest BCUT2D eigenvalue weighted by molar-refractivity contribution is 0.726. The van der Waals surface area contributed by atoms with E-state index in [4.69, 9.17) is 10.7 Å². The molecule has 2 aromatic heterocycles. The number of para-hydroxylation sites is 1. The van der Waals surface area contributed by atoms with Crippen molar-refractivity contribution in [1.29, 1.82) is 0 Å². The van der Waals surface area contributed by atoms with E-state index in [1.54, 1.807) is 0 Å². The van der Waals surface area contributed by atoms with Crippen molar-refractivity contribution in [2.24, 2.45) is 0 Å². The molecular formula is C23H30N6S. The third kappa shape index (κ3) is 4.03. The van der Waals surface area contributed by atoms with Crippen LogP contribution >= 0.6 is 11.8 Å². The Bertz CT molecular complexity index is 1060. The molecule has 3 heterocycles. The molecule has 0 bridgehead atoms. The van der Waals surface area contributed by atoms with Crippen molar-refractivity contribution in [2.75, 3.05) is 40.5 Å². The summed E-state index contributed by atoms with van der Waals surface area (Å²) < 4.78 is 0. The van der Waals surface area contributed by atoms with Crippen LogP contribution in [0.5, 0.6) is 0 Å². The highest BCUT2D eigenvalue weighted by Crippen LogP contribution is 2.34. The Balaban J connectivity index is 1.82. The molecule has 1 atom stereocenters. The molecule has 4 rings (SSSR count). The van der Waals surface area contributed by atoms with Crippen molar-refractivity contribution in [3.8, 4) is 0 Å². The highest BCUT2D eigenvalue weighted by atomic mass is 32.2. The molecule has 1 fully saturated rings. The molecule has 1 aliphatic heterocycles. The van der Waals surface area contributed by atoms with E-state index in [2.05, 4.69) is 58.3 Å². The van der Waals surface area contributed by atoms with Crippen molar-refractivity contribution < 1.29 is 0 Å². The molecule has 1 unspecified atom stereocenters. The number of aromatic nitrogens is 3. The number of benzene rings is 1. The Hall–Kier alpha value is -2.54. The van der Waals surface area contributed by atoms with E-state index < -0.39 is 0 Å². The maximum absolute atomic E-state index is 5.94. The second-order valence-electron chi connectivity index (χ2n) is 7.89. The molecule has 1 aliphatic rings. The van der Waals surface area contributed by atoms with Gasteiger partial charge < -0.3 is 16.0 Å². The average molecular weight is 423 g/mol. The maximum Gasteiger partial charge on any atom is 0.222 e. The minimum Gasteiger partial charge on any atom is -0.368 e. The standard InChI is InChI=1S/C23H30N6S/c1-5-19(26-21-15(3)16(4)25-23(24)28-21)18-13-17-8-6-7-14(2)20(17)27-22(18)29-9-11-30-12-10-29/h6-8,13,19H,5,9-12H2,1-4H3,(H3,24,25,26,28). The number of nitrogens with two attached hydrogens (primary N) is 1. The van der Waals surface area contributed by atoms with E-state index in [0.29, 0.717) is 5.95 Å². The second-order valence-corrected chi connectivity index (χ2v) is 9.12. The lowest BCUT2D eigenvalue weighted by atomic mass is 10.0. The Morgan fingerprint density at radius 1 is 1.13 bits per heavy atom. The number of nitrogens with one attached hydrogen (secondary N) is 1. The number of aryl methyl sites for hydroxylation is 2. The van der Waals surface area contributed by atoms with Crippen LogP contribution in [0.4, 0.5) is 17.6 Å². The first-order chi connectivity index (χ1) is 14.5. The van der Waals surface area contributed by atoms with Crippen LogP contribution < -0.4 is 16.0 Å². The maximum atomic E-state index is 5.94. The van der Waals surface area contributed by atoms with Gasteiger partial charge in [-0.15, -0.1) is 0 Å². The number of nitrogens with zero attached hydrogens (tertiary/aromatic N) is 4. The smallest absolute Gasteiger partial charge is 0.222 e. The summed E-state index contributed by atoms with van der Waals surface area (Å²) in [4.78, 5) is 16.4. The molecule has 0 saturated carbocycles. The van der Waals surface area contributed by atoms with Crippen LogP contribution in [0, 0.1) is 20.8 Å². The van der Waals surface area contributed by atoms with Crippen LogP contribution in [-0.2, 0) is 0 Å². The van der Waals surface area contributed by atoms with Gasteiger partial charge in [0.15, 0.2) is 0 Å². The van der Waals surface area contributed by atoms with Crippen LogP contribution in [-0.4, -0.2) is 39.5 Å². The monoisotopic (exact) mass is 422 g/mol. The lowest BCUT2D eigenvalue weighted by Gasteiger charge is -2.32. The Morgan fingerprint density at radius 3 is 2.63 bits per heavy atom. The number of rotatable bonds is 5. The zero-order chi connectivity index (χ0) is 21.3. The first kappa shape index (κ1) is 20.7. The van der Waals surface area contributed by atoms with Gasteiger partial charge >= 0.3 is 0 Å². The third-order valence-electron chi connectivity index (χ3n) is 5.87. The minimum absolute atomic E-state index is 0.0828. The molecule has 0 amide bonds. The van der Waals surface area contributed by atoms with Gasteiger partial charge in [0.25, 0.3) is 0 Å². The molecule has 30 heavy (non-hydrogen) atoms. The predicted octanol–water partition coefficient (Wildman–Crippen LogP) is 4.65. The molecule has 3 N–H and O–H groups in total. The minimum atomic E-state index is 0.0828. The Kier molecular flexibility index (Phi) is 5.99. The van der Waals surface area contributed by atoms with Gasteiger partial charge in [-0.05, 0) is 38.8 Å². The normalized spacial score (nSPS) is 15.4. The van der Waals surface area contributed by atoms with Gasteiger partial charge in [0.05, 0.1) is 11.6 Å².